The quantitative estimate of drug-likeness (QED) is 0.831. The molecule has 0 aliphatic rings. The Balaban J connectivity index is 2.66. The largest absolute Gasteiger partial charge is 0.497 e. The second-order valence-electron chi connectivity index (χ2n) is 4.49. The topological polar surface area (TPSA) is 55.6 Å². The van der Waals surface area contributed by atoms with Crippen molar-refractivity contribution in [3.8, 4) is 5.75 Å². The van der Waals surface area contributed by atoms with Gasteiger partial charge < -0.3 is 15.4 Å². The predicted octanol–water partition coefficient (Wildman–Crippen LogP) is 1.43. The Morgan fingerprint density at radius 2 is 1.94 bits per heavy atom. The van der Waals surface area contributed by atoms with Crippen LogP contribution >= 0.6 is 0 Å². The van der Waals surface area contributed by atoms with Crippen LogP contribution in [0.2, 0.25) is 0 Å². The first kappa shape index (κ1) is 14.5. The Morgan fingerprint density at radius 1 is 1.33 bits per heavy atom. The molecule has 2 N–H and O–H groups in total. The van der Waals surface area contributed by atoms with E-state index in [0.29, 0.717) is 19.5 Å². The number of nitrogens with two attached hydrogens (primary N) is 1. The maximum atomic E-state index is 12.1. The zero-order valence-electron chi connectivity index (χ0n) is 11.3. The zero-order valence-corrected chi connectivity index (χ0v) is 11.3. The first-order valence-electron chi connectivity index (χ1n) is 6.21. The van der Waals surface area contributed by atoms with E-state index in [1.165, 1.54) is 0 Å². The van der Waals surface area contributed by atoms with Gasteiger partial charge in [0, 0.05) is 19.1 Å². The molecular weight excluding hydrogens is 228 g/mol. The lowest BCUT2D eigenvalue weighted by Crippen LogP contribution is -2.41. The summed E-state index contributed by atoms with van der Waals surface area (Å²) in [6.45, 7) is 5.10. The lowest BCUT2D eigenvalue weighted by Gasteiger charge is -2.26. The third-order valence-electron chi connectivity index (χ3n) is 2.83. The highest BCUT2D eigenvalue weighted by molar-refractivity contribution is 5.79. The summed E-state index contributed by atoms with van der Waals surface area (Å²) in [6, 6.07) is 7.74. The number of rotatable bonds is 6. The van der Waals surface area contributed by atoms with E-state index in [4.69, 9.17) is 10.5 Å². The molecule has 0 bridgehead atoms. The summed E-state index contributed by atoms with van der Waals surface area (Å²) in [5, 5.41) is 0. The van der Waals surface area contributed by atoms with Crippen LogP contribution in [-0.2, 0) is 11.2 Å². The van der Waals surface area contributed by atoms with Crippen molar-refractivity contribution in [1.29, 1.82) is 0 Å². The van der Waals surface area contributed by atoms with E-state index in [1.807, 2.05) is 43.0 Å². The molecule has 0 heterocycles. The van der Waals surface area contributed by atoms with Gasteiger partial charge in [-0.05, 0) is 31.5 Å². The molecule has 18 heavy (non-hydrogen) atoms. The lowest BCUT2D eigenvalue weighted by atomic mass is 10.1. The van der Waals surface area contributed by atoms with Gasteiger partial charge in [-0.15, -0.1) is 0 Å². The lowest BCUT2D eigenvalue weighted by molar-refractivity contribution is -0.132. The van der Waals surface area contributed by atoms with Crippen LogP contribution in [0.15, 0.2) is 24.3 Å². The first-order valence-corrected chi connectivity index (χ1v) is 6.21. The number of benzene rings is 1. The van der Waals surface area contributed by atoms with Crippen LogP contribution in [0.1, 0.15) is 19.4 Å². The van der Waals surface area contributed by atoms with Gasteiger partial charge in [-0.1, -0.05) is 12.1 Å². The van der Waals surface area contributed by atoms with Crippen LogP contribution in [0.25, 0.3) is 0 Å². The molecule has 0 aliphatic carbocycles. The van der Waals surface area contributed by atoms with Gasteiger partial charge in [0.15, 0.2) is 0 Å². The Hall–Kier alpha value is -1.55. The van der Waals surface area contributed by atoms with Gasteiger partial charge in [0.05, 0.1) is 13.5 Å². The van der Waals surface area contributed by atoms with E-state index in [9.17, 15) is 4.79 Å². The number of nitrogens with zero attached hydrogens (tertiary/aromatic N) is 1. The van der Waals surface area contributed by atoms with Gasteiger partial charge in [-0.3, -0.25) is 4.79 Å². The summed E-state index contributed by atoms with van der Waals surface area (Å²) in [4.78, 5) is 13.9. The standard InChI is InChI=1S/C14H22N2O2/c1-11(2)16(9-8-15)14(17)10-12-4-6-13(18-3)7-5-12/h4-7,11H,8-10,15H2,1-3H3. The Bertz CT molecular complexity index is 374. The molecule has 0 atom stereocenters. The Morgan fingerprint density at radius 3 is 2.39 bits per heavy atom. The fraction of sp³-hybridized carbons (Fsp3) is 0.500. The molecule has 4 heteroatoms. The van der Waals surface area contributed by atoms with Crippen LogP contribution in [0, 0.1) is 0 Å². The number of carbonyl (C=O) groups excluding carboxylic acids is 1. The van der Waals surface area contributed by atoms with Crippen molar-refractivity contribution >= 4 is 5.91 Å². The molecule has 0 saturated heterocycles. The van der Waals surface area contributed by atoms with Gasteiger partial charge >= 0.3 is 0 Å². The molecule has 1 rings (SSSR count). The molecule has 0 radical (unpaired) electrons. The minimum Gasteiger partial charge on any atom is -0.497 e. The predicted molar refractivity (Wildman–Crippen MR) is 72.6 cm³/mol. The SMILES string of the molecule is COc1ccc(CC(=O)N(CCN)C(C)C)cc1. The monoisotopic (exact) mass is 250 g/mol. The fourth-order valence-electron chi connectivity index (χ4n) is 1.83. The summed E-state index contributed by atoms with van der Waals surface area (Å²) in [5.74, 6) is 0.912. The molecule has 0 saturated carbocycles. The van der Waals surface area contributed by atoms with Crippen molar-refractivity contribution < 1.29 is 9.53 Å². The van der Waals surface area contributed by atoms with Crippen LogP contribution in [0.3, 0.4) is 0 Å². The van der Waals surface area contributed by atoms with Crippen LogP contribution < -0.4 is 10.5 Å². The smallest absolute Gasteiger partial charge is 0.227 e. The fourth-order valence-corrected chi connectivity index (χ4v) is 1.83. The maximum Gasteiger partial charge on any atom is 0.227 e. The third-order valence-corrected chi connectivity index (χ3v) is 2.83. The van der Waals surface area contributed by atoms with Crippen molar-refractivity contribution in [3.05, 3.63) is 29.8 Å². The van der Waals surface area contributed by atoms with Gasteiger partial charge in [-0.2, -0.15) is 0 Å². The van der Waals surface area contributed by atoms with Crippen molar-refractivity contribution in [2.75, 3.05) is 20.2 Å². The van der Waals surface area contributed by atoms with Gasteiger partial charge in [0.25, 0.3) is 0 Å². The minimum atomic E-state index is 0.112. The molecule has 0 aliphatic heterocycles. The van der Waals surface area contributed by atoms with Crippen molar-refractivity contribution in [2.45, 2.75) is 26.3 Å². The van der Waals surface area contributed by atoms with E-state index in [-0.39, 0.29) is 11.9 Å². The van der Waals surface area contributed by atoms with E-state index in [1.54, 1.807) is 7.11 Å². The minimum absolute atomic E-state index is 0.112. The normalized spacial score (nSPS) is 10.5. The Kier molecular flexibility index (Phi) is 5.65. The highest BCUT2D eigenvalue weighted by Crippen LogP contribution is 2.13. The van der Waals surface area contributed by atoms with Crippen LogP contribution in [0.5, 0.6) is 5.75 Å². The molecule has 4 nitrogen and oxygen atoms in total. The van der Waals surface area contributed by atoms with Gasteiger partial charge in [0.2, 0.25) is 5.91 Å². The average molecular weight is 250 g/mol. The van der Waals surface area contributed by atoms with Crippen LogP contribution in [-0.4, -0.2) is 37.0 Å². The zero-order chi connectivity index (χ0) is 13.5. The van der Waals surface area contributed by atoms with Crippen molar-refractivity contribution in [2.24, 2.45) is 5.73 Å². The van der Waals surface area contributed by atoms with Gasteiger partial charge in [-0.25, -0.2) is 0 Å². The molecule has 0 spiro atoms. The number of hydrogen-bond donors (Lipinski definition) is 1. The summed E-state index contributed by atoms with van der Waals surface area (Å²) < 4.78 is 5.09. The average Bonchev–Trinajstić information content (AvgIpc) is 2.36. The Labute approximate surface area is 109 Å². The highest BCUT2D eigenvalue weighted by atomic mass is 16.5. The summed E-state index contributed by atoms with van der Waals surface area (Å²) in [7, 11) is 1.63. The van der Waals surface area contributed by atoms with Crippen molar-refractivity contribution in [3.63, 3.8) is 0 Å². The van der Waals surface area contributed by atoms with Crippen molar-refractivity contribution in [1.82, 2.24) is 4.90 Å². The third kappa shape index (κ3) is 4.04. The molecule has 0 aromatic heterocycles. The number of methoxy groups -OCH3 is 1. The second-order valence-corrected chi connectivity index (χ2v) is 4.49. The maximum absolute atomic E-state index is 12.1. The number of carbonyl (C=O) groups is 1. The second kappa shape index (κ2) is 7.01. The van der Waals surface area contributed by atoms with Crippen LogP contribution in [0.4, 0.5) is 0 Å². The summed E-state index contributed by atoms with van der Waals surface area (Å²) in [6.07, 6.45) is 0.405. The first-order chi connectivity index (χ1) is 8.58. The molecule has 100 valence electrons. The summed E-state index contributed by atoms with van der Waals surface area (Å²) >= 11 is 0. The highest BCUT2D eigenvalue weighted by Gasteiger charge is 2.16. The molecule has 0 fully saturated rings. The number of amides is 1. The number of hydrogen-bond acceptors (Lipinski definition) is 3. The molecule has 1 aromatic carbocycles. The van der Waals surface area contributed by atoms with Gasteiger partial charge in [0.1, 0.15) is 5.75 Å². The number of ether oxygens (including phenoxy) is 1. The van der Waals surface area contributed by atoms with E-state index < -0.39 is 0 Å². The molecule has 0 unspecified atom stereocenters. The molecule has 1 amide bonds. The summed E-state index contributed by atoms with van der Waals surface area (Å²) in [5.41, 5.74) is 6.52. The molecule has 1 aromatic rings. The molecular formula is C14H22N2O2. The van der Waals surface area contributed by atoms with E-state index >= 15 is 0 Å². The van der Waals surface area contributed by atoms with E-state index in [0.717, 1.165) is 11.3 Å². The van der Waals surface area contributed by atoms with E-state index in [2.05, 4.69) is 0 Å².